The molecule has 2 aromatic carbocycles. The van der Waals surface area contributed by atoms with Gasteiger partial charge in [-0.15, -0.1) is 0 Å². The molecule has 3 heteroatoms. The van der Waals surface area contributed by atoms with Crippen molar-refractivity contribution in [3.05, 3.63) is 59.2 Å². The summed E-state index contributed by atoms with van der Waals surface area (Å²) in [5.74, 6) is 0.541. The average Bonchev–Trinajstić information content (AvgIpc) is 2.41. The summed E-state index contributed by atoms with van der Waals surface area (Å²) in [7, 11) is 0. The molecule has 1 heterocycles. The highest BCUT2D eigenvalue weighted by atomic mass is 35.5. The van der Waals surface area contributed by atoms with Gasteiger partial charge in [-0.25, -0.2) is 4.98 Å². The molecular weight excluding hydrogens is 256 g/mol. The summed E-state index contributed by atoms with van der Waals surface area (Å²) in [4.78, 5) is 4.32. The third-order valence-electron chi connectivity index (χ3n) is 3.27. The number of aryl methyl sites for hydroxylation is 1. The first kappa shape index (κ1) is 12.0. The lowest BCUT2D eigenvalue weighted by atomic mass is 9.97. The van der Waals surface area contributed by atoms with E-state index >= 15 is 0 Å². The number of benzene rings is 2. The standard InChI is InChI=1S/C16H13ClN2/c1-10-11(7-9-16(18)19-10)13-6-8-15(17)14-5-3-2-4-12(13)14/h2-9H,1H3,(H2,18,19). The summed E-state index contributed by atoms with van der Waals surface area (Å²) >= 11 is 6.25. The normalized spacial score (nSPS) is 10.8. The van der Waals surface area contributed by atoms with Gasteiger partial charge in [-0.1, -0.05) is 41.9 Å². The average molecular weight is 269 g/mol. The first-order chi connectivity index (χ1) is 9.16. The molecule has 3 aromatic rings. The second-order valence-corrected chi connectivity index (χ2v) is 4.92. The molecule has 0 aliphatic carbocycles. The first-order valence-electron chi connectivity index (χ1n) is 6.07. The maximum atomic E-state index is 6.25. The molecule has 0 bridgehead atoms. The van der Waals surface area contributed by atoms with Crippen molar-refractivity contribution in [3.8, 4) is 11.1 Å². The van der Waals surface area contributed by atoms with Gasteiger partial charge in [0.15, 0.2) is 0 Å². The smallest absolute Gasteiger partial charge is 0.123 e. The number of aromatic nitrogens is 1. The first-order valence-corrected chi connectivity index (χ1v) is 6.45. The summed E-state index contributed by atoms with van der Waals surface area (Å²) in [6, 6.07) is 15.9. The summed E-state index contributed by atoms with van der Waals surface area (Å²) < 4.78 is 0. The Morgan fingerprint density at radius 1 is 0.895 bits per heavy atom. The molecule has 0 atom stereocenters. The van der Waals surface area contributed by atoms with E-state index in [9.17, 15) is 0 Å². The molecule has 1 aromatic heterocycles. The Hall–Kier alpha value is -2.06. The number of hydrogen-bond donors (Lipinski definition) is 1. The van der Waals surface area contributed by atoms with Gasteiger partial charge in [0.05, 0.1) is 0 Å². The number of nitrogen functional groups attached to an aromatic ring is 1. The van der Waals surface area contributed by atoms with Crippen molar-refractivity contribution >= 4 is 28.2 Å². The zero-order valence-corrected chi connectivity index (χ0v) is 11.3. The molecule has 0 spiro atoms. The second-order valence-electron chi connectivity index (χ2n) is 4.51. The Morgan fingerprint density at radius 2 is 1.58 bits per heavy atom. The Balaban J connectivity index is 2.34. The van der Waals surface area contributed by atoms with Gasteiger partial charge in [0, 0.05) is 21.7 Å². The van der Waals surface area contributed by atoms with Crippen LogP contribution in [0.15, 0.2) is 48.5 Å². The van der Waals surface area contributed by atoms with Crippen LogP contribution in [-0.2, 0) is 0 Å². The Morgan fingerprint density at radius 3 is 2.32 bits per heavy atom. The monoisotopic (exact) mass is 268 g/mol. The summed E-state index contributed by atoms with van der Waals surface area (Å²) in [5, 5.41) is 2.95. The molecule has 2 nitrogen and oxygen atoms in total. The molecule has 0 aliphatic heterocycles. The molecule has 0 radical (unpaired) electrons. The largest absolute Gasteiger partial charge is 0.384 e. The van der Waals surface area contributed by atoms with E-state index in [-0.39, 0.29) is 0 Å². The minimum atomic E-state index is 0.541. The Labute approximate surface area is 116 Å². The maximum Gasteiger partial charge on any atom is 0.123 e. The van der Waals surface area contributed by atoms with E-state index in [0.717, 1.165) is 32.6 Å². The molecular formula is C16H13ClN2. The number of nitrogens with two attached hydrogens (primary N) is 1. The predicted molar refractivity (Wildman–Crippen MR) is 81.3 cm³/mol. The number of nitrogens with zero attached hydrogens (tertiary/aromatic N) is 1. The van der Waals surface area contributed by atoms with E-state index in [1.807, 2.05) is 49.4 Å². The SMILES string of the molecule is Cc1nc(N)ccc1-c1ccc(Cl)c2ccccc12. The zero-order valence-electron chi connectivity index (χ0n) is 10.5. The van der Waals surface area contributed by atoms with E-state index < -0.39 is 0 Å². The molecule has 0 unspecified atom stereocenters. The molecule has 0 saturated carbocycles. The van der Waals surface area contributed by atoms with Crippen LogP contribution < -0.4 is 5.73 Å². The van der Waals surface area contributed by atoms with Crippen molar-refractivity contribution in [2.24, 2.45) is 0 Å². The van der Waals surface area contributed by atoms with Crippen molar-refractivity contribution in [1.29, 1.82) is 0 Å². The Kier molecular flexibility index (Phi) is 2.88. The molecule has 19 heavy (non-hydrogen) atoms. The number of halogens is 1. The number of pyridine rings is 1. The fourth-order valence-corrected chi connectivity index (χ4v) is 2.59. The highest BCUT2D eigenvalue weighted by molar-refractivity contribution is 6.36. The Bertz CT molecular complexity index is 766. The molecule has 2 N–H and O–H groups in total. The van der Waals surface area contributed by atoms with Crippen LogP contribution >= 0.6 is 11.6 Å². The topological polar surface area (TPSA) is 38.9 Å². The summed E-state index contributed by atoms with van der Waals surface area (Å²) in [6.07, 6.45) is 0. The minimum Gasteiger partial charge on any atom is -0.384 e. The molecule has 94 valence electrons. The van der Waals surface area contributed by atoms with Crippen LogP contribution in [0.2, 0.25) is 5.02 Å². The molecule has 0 saturated heterocycles. The fourth-order valence-electron chi connectivity index (χ4n) is 2.36. The van der Waals surface area contributed by atoms with Gasteiger partial charge >= 0.3 is 0 Å². The van der Waals surface area contributed by atoms with Gasteiger partial charge in [-0.2, -0.15) is 0 Å². The number of anilines is 1. The minimum absolute atomic E-state index is 0.541. The van der Waals surface area contributed by atoms with Crippen molar-refractivity contribution in [1.82, 2.24) is 4.98 Å². The van der Waals surface area contributed by atoms with Crippen molar-refractivity contribution in [3.63, 3.8) is 0 Å². The van der Waals surface area contributed by atoms with Gasteiger partial charge in [0.25, 0.3) is 0 Å². The molecule has 0 amide bonds. The van der Waals surface area contributed by atoms with Crippen molar-refractivity contribution in [2.75, 3.05) is 5.73 Å². The third kappa shape index (κ3) is 2.04. The van der Waals surface area contributed by atoms with Crippen LogP contribution in [0, 0.1) is 6.92 Å². The van der Waals surface area contributed by atoms with Crippen LogP contribution in [0.5, 0.6) is 0 Å². The van der Waals surface area contributed by atoms with Gasteiger partial charge in [0.2, 0.25) is 0 Å². The quantitative estimate of drug-likeness (QED) is 0.708. The molecule has 0 aliphatic rings. The highest BCUT2D eigenvalue weighted by Gasteiger charge is 2.09. The third-order valence-corrected chi connectivity index (χ3v) is 3.60. The van der Waals surface area contributed by atoms with E-state index in [1.165, 1.54) is 0 Å². The summed E-state index contributed by atoms with van der Waals surface area (Å²) in [5.41, 5.74) is 8.85. The van der Waals surface area contributed by atoms with Crippen LogP contribution in [-0.4, -0.2) is 4.98 Å². The van der Waals surface area contributed by atoms with Crippen molar-refractivity contribution < 1.29 is 0 Å². The van der Waals surface area contributed by atoms with E-state index in [1.54, 1.807) is 0 Å². The number of rotatable bonds is 1. The van der Waals surface area contributed by atoms with Crippen molar-refractivity contribution in [2.45, 2.75) is 6.92 Å². The van der Waals surface area contributed by atoms with Gasteiger partial charge in [-0.05, 0) is 36.1 Å². The summed E-state index contributed by atoms with van der Waals surface area (Å²) in [6.45, 7) is 1.97. The van der Waals surface area contributed by atoms with E-state index in [0.29, 0.717) is 5.82 Å². The molecule has 0 fully saturated rings. The molecule has 3 rings (SSSR count). The van der Waals surface area contributed by atoms with Gasteiger partial charge < -0.3 is 5.73 Å². The number of fused-ring (bicyclic) bond motifs is 1. The van der Waals surface area contributed by atoms with Crippen LogP contribution in [0.3, 0.4) is 0 Å². The lowest BCUT2D eigenvalue weighted by Crippen LogP contribution is -1.94. The fraction of sp³-hybridized carbons (Fsp3) is 0.0625. The zero-order chi connectivity index (χ0) is 13.4. The second kappa shape index (κ2) is 4.56. The highest BCUT2D eigenvalue weighted by Crippen LogP contribution is 2.34. The predicted octanol–water partition coefficient (Wildman–Crippen LogP) is 4.45. The van der Waals surface area contributed by atoms with Crippen LogP contribution in [0.25, 0.3) is 21.9 Å². The van der Waals surface area contributed by atoms with Gasteiger partial charge in [0.1, 0.15) is 5.82 Å². The van der Waals surface area contributed by atoms with Gasteiger partial charge in [-0.3, -0.25) is 0 Å². The van der Waals surface area contributed by atoms with Crippen LogP contribution in [0.1, 0.15) is 5.69 Å². The van der Waals surface area contributed by atoms with E-state index in [4.69, 9.17) is 17.3 Å². The maximum absolute atomic E-state index is 6.25. The van der Waals surface area contributed by atoms with E-state index in [2.05, 4.69) is 11.1 Å². The lowest BCUT2D eigenvalue weighted by Gasteiger charge is -2.10. The van der Waals surface area contributed by atoms with Crippen LogP contribution in [0.4, 0.5) is 5.82 Å². The lowest BCUT2D eigenvalue weighted by molar-refractivity contribution is 1.21. The number of hydrogen-bond acceptors (Lipinski definition) is 2.